The lowest BCUT2D eigenvalue weighted by atomic mass is 10.1. The van der Waals surface area contributed by atoms with Crippen molar-refractivity contribution >= 4 is 17.9 Å². The van der Waals surface area contributed by atoms with Crippen LogP contribution in [0, 0.1) is 0 Å². The van der Waals surface area contributed by atoms with Crippen molar-refractivity contribution in [1.82, 2.24) is 0 Å². The van der Waals surface area contributed by atoms with Gasteiger partial charge in [-0.15, -0.1) is 0 Å². The van der Waals surface area contributed by atoms with Crippen LogP contribution in [0.5, 0.6) is 0 Å². The molecule has 0 aliphatic carbocycles. The van der Waals surface area contributed by atoms with Crippen LogP contribution in [-0.4, -0.2) is 37.2 Å². The molecule has 0 bridgehead atoms. The molecule has 66 heavy (non-hydrogen) atoms. The van der Waals surface area contributed by atoms with Crippen LogP contribution in [-0.2, 0) is 28.6 Å². The third kappa shape index (κ3) is 52.3. The highest BCUT2D eigenvalue weighted by Crippen LogP contribution is 2.15. The van der Waals surface area contributed by atoms with Crippen LogP contribution in [0.25, 0.3) is 0 Å². The number of hydrogen-bond acceptors (Lipinski definition) is 6. The average Bonchev–Trinajstić information content (AvgIpc) is 3.31. The molecule has 0 saturated carbocycles. The maximum absolute atomic E-state index is 12.8. The summed E-state index contributed by atoms with van der Waals surface area (Å²) >= 11 is 0. The molecule has 0 aliphatic rings. The Kier molecular flexibility index (Phi) is 52.8. The van der Waals surface area contributed by atoms with E-state index in [2.05, 4.69) is 69.4 Å². The third-order valence-electron chi connectivity index (χ3n) is 12.5. The highest BCUT2D eigenvalue weighted by molar-refractivity contribution is 5.71. The van der Waals surface area contributed by atoms with Gasteiger partial charge in [0.25, 0.3) is 0 Å². The Labute approximate surface area is 409 Å². The van der Waals surface area contributed by atoms with E-state index in [9.17, 15) is 14.4 Å². The van der Waals surface area contributed by atoms with Gasteiger partial charge in [-0.25, -0.2) is 0 Å². The van der Waals surface area contributed by atoms with E-state index in [-0.39, 0.29) is 31.1 Å². The molecule has 0 heterocycles. The van der Waals surface area contributed by atoms with Crippen molar-refractivity contribution in [3.63, 3.8) is 0 Å². The average molecular weight is 926 g/mol. The number of hydrogen-bond donors (Lipinski definition) is 0. The van der Waals surface area contributed by atoms with Gasteiger partial charge in [-0.3, -0.25) is 14.4 Å². The van der Waals surface area contributed by atoms with Crippen LogP contribution in [0.2, 0.25) is 0 Å². The van der Waals surface area contributed by atoms with Crippen molar-refractivity contribution < 1.29 is 28.6 Å². The third-order valence-corrected chi connectivity index (χ3v) is 12.5. The maximum atomic E-state index is 12.8. The van der Waals surface area contributed by atoms with Crippen molar-refractivity contribution in [2.45, 2.75) is 303 Å². The molecule has 0 radical (unpaired) electrons. The van der Waals surface area contributed by atoms with Crippen molar-refractivity contribution in [2.75, 3.05) is 13.2 Å². The maximum Gasteiger partial charge on any atom is 0.306 e. The number of ether oxygens (including phenoxy) is 3. The minimum Gasteiger partial charge on any atom is -0.462 e. The molecular formula is C60H108O6. The van der Waals surface area contributed by atoms with Gasteiger partial charge in [-0.2, -0.15) is 0 Å². The van der Waals surface area contributed by atoms with Crippen LogP contribution < -0.4 is 0 Å². The fourth-order valence-corrected chi connectivity index (χ4v) is 8.17. The quantitative estimate of drug-likeness (QED) is 0.0262. The first-order valence-electron chi connectivity index (χ1n) is 28.6. The van der Waals surface area contributed by atoms with Gasteiger partial charge in [-0.05, 0) is 103 Å². The highest BCUT2D eigenvalue weighted by atomic mass is 16.6. The molecular weight excluding hydrogens is 817 g/mol. The Bertz CT molecular complexity index is 1150. The minimum atomic E-state index is -0.783. The number of carbonyl (C=O) groups excluding carboxylic acids is 3. The van der Waals surface area contributed by atoms with Crippen molar-refractivity contribution in [2.24, 2.45) is 0 Å². The second-order valence-corrected chi connectivity index (χ2v) is 19.2. The molecule has 6 heteroatoms. The summed E-state index contributed by atoms with van der Waals surface area (Å²) in [6, 6.07) is 0. The summed E-state index contributed by atoms with van der Waals surface area (Å²) < 4.78 is 16.9. The van der Waals surface area contributed by atoms with Crippen LogP contribution >= 0.6 is 0 Å². The summed E-state index contributed by atoms with van der Waals surface area (Å²) in [5, 5.41) is 0. The van der Waals surface area contributed by atoms with Crippen LogP contribution in [0.4, 0.5) is 0 Å². The Morgan fingerprint density at radius 2 is 0.545 bits per heavy atom. The summed E-state index contributed by atoms with van der Waals surface area (Å²) in [7, 11) is 0. The largest absolute Gasteiger partial charge is 0.462 e. The summed E-state index contributed by atoms with van der Waals surface area (Å²) in [5.41, 5.74) is 0. The van der Waals surface area contributed by atoms with E-state index >= 15 is 0 Å². The molecule has 0 aromatic carbocycles. The summed E-state index contributed by atoms with van der Waals surface area (Å²) in [5.74, 6) is -0.894. The summed E-state index contributed by atoms with van der Waals surface area (Å²) in [6.45, 7) is 6.62. The summed E-state index contributed by atoms with van der Waals surface area (Å²) in [4.78, 5) is 38.1. The molecule has 0 N–H and O–H groups in total. The Morgan fingerprint density at radius 1 is 0.303 bits per heavy atom. The minimum absolute atomic E-state index is 0.0819. The first-order valence-corrected chi connectivity index (χ1v) is 28.6. The van der Waals surface area contributed by atoms with E-state index in [1.165, 1.54) is 167 Å². The zero-order chi connectivity index (χ0) is 47.9. The van der Waals surface area contributed by atoms with Crippen LogP contribution in [0.3, 0.4) is 0 Å². The monoisotopic (exact) mass is 925 g/mol. The van der Waals surface area contributed by atoms with Gasteiger partial charge < -0.3 is 14.2 Å². The molecule has 0 saturated heterocycles. The lowest BCUT2D eigenvalue weighted by molar-refractivity contribution is -0.167. The van der Waals surface area contributed by atoms with E-state index < -0.39 is 6.10 Å². The van der Waals surface area contributed by atoms with Crippen molar-refractivity contribution in [3.05, 3.63) is 48.6 Å². The van der Waals surface area contributed by atoms with E-state index in [1.54, 1.807) is 0 Å². The standard InChI is InChI=1S/C60H108O6/c1-4-7-10-13-16-19-22-25-28-30-31-33-35-38-41-44-47-50-53-59(62)65-56-57(55-64-58(61)52-49-46-43-40-37-34-27-24-21-18-15-12-9-6-3)66-60(63)54-51-48-45-42-39-36-32-29-26-23-20-17-14-11-8-5-2/h19,22,24,27-30,32,57H,4-18,20-21,23,25-26,31,33-56H2,1-3H3/b22-19-,27-24-,30-28-,32-29-. The Morgan fingerprint density at radius 3 is 0.864 bits per heavy atom. The molecule has 0 amide bonds. The van der Waals surface area contributed by atoms with Gasteiger partial charge in [-0.1, -0.05) is 223 Å². The topological polar surface area (TPSA) is 78.9 Å². The zero-order valence-corrected chi connectivity index (χ0v) is 44.0. The highest BCUT2D eigenvalue weighted by Gasteiger charge is 2.19. The SMILES string of the molecule is CCCCCC/C=C\C/C=C\CCCCCCCCCC(=O)OCC(COC(=O)CCCCCCC/C=C\CCCCCCC)OC(=O)CCCCCCC/C=C\CCCCCCCCC. The van der Waals surface area contributed by atoms with Crippen molar-refractivity contribution in [1.29, 1.82) is 0 Å². The fourth-order valence-electron chi connectivity index (χ4n) is 8.17. The fraction of sp³-hybridized carbons (Fsp3) is 0.817. The number of carbonyl (C=O) groups is 3. The molecule has 0 aromatic rings. The molecule has 0 aromatic heterocycles. The predicted octanol–water partition coefficient (Wildman–Crippen LogP) is 19.0. The lowest BCUT2D eigenvalue weighted by Crippen LogP contribution is -2.30. The Balaban J connectivity index is 4.39. The number of unbranched alkanes of at least 4 members (excludes halogenated alkanes) is 33. The number of allylic oxidation sites excluding steroid dienone is 8. The number of rotatable bonds is 52. The molecule has 0 spiro atoms. The Hall–Kier alpha value is -2.63. The molecule has 1 unspecified atom stereocenters. The van der Waals surface area contributed by atoms with Gasteiger partial charge >= 0.3 is 17.9 Å². The number of esters is 3. The van der Waals surface area contributed by atoms with Crippen LogP contribution in [0.1, 0.15) is 297 Å². The lowest BCUT2D eigenvalue weighted by Gasteiger charge is -2.18. The molecule has 0 rings (SSSR count). The molecule has 0 aliphatic heterocycles. The van der Waals surface area contributed by atoms with E-state index in [4.69, 9.17) is 14.2 Å². The van der Waals surface area contributed by atoms with Gasteiger partial charge in [0.05, 0.1) is 0 Å². The first-order chi connectivity index (χ1) is 32.5. The van der Waals surface area contributed by atoms with Gasteiger partial charge in [0.1, 0.15) is 13.2 Å². The predicted molar refractivity (Wildman–Crippen MR) is 284 cm³/mol. The molecule has 0 fully saturated rings. The second-order valence-electron chi connectivity index (χ2n) is 19.2. The smallest absolute Gasteiger partial charge is 0.306 e. The second kappa shape index (κ2) is 55.0. The zero-order valence-electron chi connectivity index (χ0n) is 44.0. The van der Waals surface area contributed by atoms with Gasteiger partial charge in [0.2, 0.25) is 0 Å². The first kappa shape index (κ1) is 63.4. The van der Waals surface area contributed by atoms with E-state index in [0.717, 1.165) is 89.9 Å². The molecule has 6 nitrogen and oxygen atoms in total. The van der Waals surface area contributed by atoms with E-state index in [0.29, 0.717) is 19.3 Å². The molecule has 1 atom stereocenters. The van der Waals surface area contributed by atoms with Crippen LogP contribution in [0.15, 0.2) is 48.6 Å². The normalized spacial score (nSPS) is 12.3. The van der Waals surface area contributed by atoms with Gasteiger partial charge in [0, 0.05) is 19.3 Å². The summed E-state index contributed by atoms with van der Waals surface area (Å²) in [6.07, 6.45) is 66.6. The van der Waals surface area contributed by atoms with Crippen molar-refractivity contribution in [3.8, 4) is 0 Å². The van der Waals surface area contributed by atoms with Gasteiger partial charge in [0.15, 0.2) is 6.10 Å². The molecule has 384 valence electrons. The van der Waals surface area contributed by atoms with E-state index in [1.807, 2.05) is 0 Å².